The molecular formula is C25H34N2O4. The fourth-order valence-corrected chi connectivity index (χ4v) is 5.03. The van der Waals surface area contributed by atoms with Crippen molar-refractivity contribution in [1.82, 2.24) is 4.90 Å². The molecule has 6 heteroatoms. The number of hydrogen-bond donors (Lipinski definition) is 1. The van der Waals surface area contributed by atoms with Gasteiger partial charge in [0, 0.05) is 0 Å². The fourth-order valence-electron chi connectivity index (χ4n) is 5.03. The summed E-state index contributed by atoms with van der Waals surface area (Å²) in [4.78, 5) is 28.2. The zero-order valence-corrected chi connectivity index (χ0v) is 19.0. The molecule has 2 heterocycles. The quantitative estimate of drug-likeness (QED) is 0.570. The molecule has 4 atom stereocenters. The Morgan fingerprint density at radius 1 is 1.19 bits per heavy atom. The molecule has 1 unspecified atom stereocenters. The first kappa shape index (κ1) is 21.9. The number of esters is 1. The van der Waals surface area contributed by atoms with Crippen LogP contribution in [0, 0.1) is 17.8 Å². The van der Waals surface area contributed by atoms with Crippen molar-refractivity contribution >= 4 is 12.1 Å². The molecule has 2 bridgehead atoms. The van der Waals surface area contributed by atoms with E-state index in [0.717, 1.165) is 30.4 Å². The summed E-state index contributed by atoms with van der Waals surface area (Å²) >= 11 is 0. The van der Waals surface area contributed by atoms with Crippen molar-refractivity contribution in [3.05, 3.63) is 47.5 Å². The standard InChI is InChI=1S/C25H34N2O4/c1-16-19-12-13-25(26,20(16)14-17-10-11-17)27(23(29)31-24(2,3)4)21(19)22(28)30-15-18-8-6-5-7-9-18/h5-9,14,16-17,19,21H,10-13,15,26H2,1-4H3/b20-14-/t16?,19-,21+,25+/m1/s1. The highest BCUT2D eigenvalue weighted by atomic mass is 16.6. The lowest BCUT2D eigenvalue weighted by Crippen LogP contribution is -2.74. The molecule has 31 heavy (non-hydrogen) atoms. The number of piperidine rings is 2. The highest BCUT2D eigenvalue weighted by molar-refractivity contribution is 5.84. The minimum absolute atomic E-state index is 0.0359. The third-order valence-corrected chi connectivity index (χ3v) is 6.70. The summed E-state index contributed by atoms with van der Waals surface area (Å²) in [6.07, 6.45) is 5.43. The molecule has 0 radical (unpaired) electrons. The number of carbonyl (C=O) groups is 2. The highest BCUT2D eigenvalue weighted by Gasteiger charge is 2.61. The van der Waals surface area contributed by atoms with E-state index in [9.17, 15) is 9.59 Å². The first-order valence-corrected chi connectivity index (χ1v) is 11.3. The van der Waals surface area contributed by atoms with Gasteiger partial charge in [-0.05, 0) is 75.3 Å². The van der Waals surface area contributed by atoms with E-state index in [4.69, 9.17) is 15.2 Å². The first-order valence-electron chi connectivity index (χ1n) is 11.3. The van der Waals surface area contributed by atoms with Gasteiger partial charge in [0.1, 0.15) is 23.9 Å². The lowest BCUT2D eigenvalue weighted by molar-refractivity contribution is -0.164. The van der Waals surface area contributed by atoms with E-state index in [0.29, 0.717) is 12.3 Å². The van der Waals surface area contributed by atoms with Crippen LogP contribution in [0.1, 0.15) is 58.9 Å². The van der Waals surface area contributed by atoms with E-state index in [-0.39, 0.29) is 18.4 Å². The molecule has 4 fully saturated rings. The summed E-state index contributed by atoms with van der Waals surface area (Å²) in [7, 11) is 0. The molecule has 168 valence electrons. The highest BCUT2D eigenvalue weighted by Crippen LogP contribution is 2.52. The zero-order valence-electron chi connectivity index (χ0n) is 19.0. The zero-order chi connectivity index (χ0) is 22.4. The Bertz CT molecular complexity index is 871. The van der Waals surface area contributed by atoms with Crippen LogP contribution in [0.5, 0.6) is 0 Å². The summed E-state index contributed by atoms with van der Waals surface area (Å²) < 4.78 is 11.4. The van der Waals surface area contributed by atoms with Gasteiger partial charge in [0.25, 0.3) is 0 Å². The van der Waals surface area contributed by atoms with Crippen LogP contribution in [0.25, 0.3) is 0 Å². The Morgan fingerprint density at radius 2 is 1.87 bits per heavy atom. The Morgan fingerprint density at radius 3 is 2.48 bits per heavy atom. The van der Waals surface area contributed by atoms with Gasteiger partial charge in [-0.1, -0.05) is 43.3 Å². The summed E-state index contributed by atoms with van der Waals surface area (Å²) in [5.74, 6) is 0.200. The molecular weight excluding hydrogens is 392 g/mol. The van der Waals surface area contributed by atoms with Crippen LogP contribution in [0.15, 0.2) is 42.0 Å². The van der Waals surface area contributed by atoms with Crippen LogP contribution in [0.4, 0.5) is 4.79 Å². The maximum atomic E-state index is 13.3. The number of nitrogens with two attached hydrogens (primary N) is 1. The molecule has 2 aliphatic heterocycles. The third-order valence-electron chi connectivity index (χ3n) is 6.70. The van der Waals surface area contributed by atoms with Crippen molar-refractivity contribution < 1.29 is 19.1 Å². The second kappa shape index (κ2) is 7.97. The van der Waals surface area contributed by atoms with Gasteiger partial charge in [-0.2, -0.15) is 0 Å². The Kier molecular flexibility index (Phi) is 5.63. The second-order valence-electron chi connectivity index (χ2n) is 10.3. The number of ether oxygens (including phenoxy) is 2. The minimum Gasteiger partial charge on any atom is -0.459 e. The van der Waals surface area contributed by atoms with E-state index in [2.05, 4.69) is 13.0 Å². The number of carbonyl (C=O) groups excluding carboxylic acids is 2. The SMILES string of the molecule is CC1/C(=C/C2CC2)[C@]2(N)CC[C@H]1[C@@H](C(=O)OCc1ccccc1)N2C(=O)OC(C)(C)C. The van der Waals surface area contributed by atoms with Crippen LogP contribution in [-0.2, 0) is 20.9 Å². The van der Waals surface area contributed by atoms with E-state index >= 15 is 0 Å². The van der Waals surface area contributed by atoms with Crippen LogP contribution < -0.4 is 5.73 Å². The molecule has 2 saturated carbocycles. The van der Waals surface area contributed by atoms with E-state index in [1.54, 1.807) is 0 Å². The van der Waals surface area contributed by atoms with Crippen molar-refractivity contribution in [2.24, 2.45) is 23.5 Å². The number of benzene rings is 1. The number of nitrogens with zero attached hydrogens (tertiary/aromatic N) is 1. The second-order valence-corrected chi connectivity index (χ2v) is 10.3. The summed E-state index contributed by atoms with van der Waals surface area (Å²) in [6, 6.07) is 8.81. The number of rotatable bonds is 4. The van der Waals surface area contributed by atoms with Crippen LogP contribution in [0.3, 0.4) is 0 Å². The van der Waals surface area contributed by atoms with Gasteiger partial charge in [-0.3, -0.25) is 4.90 Å². The predicted molar refractivity (Wildman–Crippen MR) is 118 cm³/mol. The Hall–Kier alpha value is -2.34. The normalized spacial score (nSPS) is 31.6. The topological polar surface area (TPSA) is 81.9 Å². The molecule has 6 nitrogen and oxygen atoms in total. The lowest BCUT2D eigenvalue weighted by atomic mass is 9.62. The molecule has 1 amide bonds. The average molecular weight is 427 g/mol. The van der Waals surface area contributed by atoms with Crippen molar-refractivity contribution in [2.45, 2.75) is 77.3 Å². The van der Waals surface area contributed by atoms with Gasteiger partial charge in [-0.15, -0.1) is 0 Å². The smallest absolute Gasteiger partial charge is 0.412 e. The number of allylic oxidation sites excluding steroid dienone is 1. The monoisotopic (exact) mass is 426 g/mol. The molecule has 2 N–H and O–H groups in total. The predicted octanol–water partition coefficient (Wildman–Crippen LogP) is 4.39. The van der Waals surface area contributed by atoms with Crippen LogP contribution >= 0.6 is 0 Å². The first-order chi connectivity index (χ1) is 14.6. The molecule has 0 aromatic heterocycles. The van der Waals surface area contributed by atoms with Gasteiger partial charge < -0.3 is 15.2 Å². The minimum atomic E-state index is -1.02. The number of fused-ring (bicyclic) bond motifs is 3. The average Bonchev–Trinajstić information content (AvgIpc) is 3.52. The van der Waals surface area contributed by atoms with Crippen LogP contribution in [0.2, 0.25) is 0 Å². The van der Waals surface area contributed by atoms with Gasteiger partial charge >= 0.3 is 12.1 Å². The molecule has 0 spiro atoms. The molecule has 5 rings (SSSR count). The van der Waals surface area contributed by atoms with E-state index < -0.39 is 29.4 Å². The molecule has 1 aromatic carbocycles. The Balaban J connectivity index is 1.65. The maximum Gasteiger partial charge on any atom is 0.412 e. The van der Waals surface area contributed by atoms with Gasteiger partial charge in [0.05, 0.1) is 0 Å². The van der Waals surface area contributed by atoms with Crippen molar-refractivity contribution in [3.63, 3.8) is 0 Å². The Labute approximate surface area is 184 Å². The molecule has 2 aliphatic carbocycles. The van der Waals surface area contributed by atoms with Crippen molar-refractivity contribution in [1.29, 1.82) is 0 Å². The van der Waals surface area contributed by atoms with E-state index in [1.807, 2.05) is 51.1 Å². The van der Waals surface area contributed by atoms with Crippen LogP contribution in [-0.4, -0.2) is 34.3 Å². The van der Waals surface area contributed by atoms with E-state index in [1.165, 1.54) is 4.90 Å². The summed E-state index contributed by atoms with van der Waals surface area (Å²) in [5, 5.41) is 0. The molecule has 2 saturated heterocycles. The third kappa shape index (κ3) is 4.36. The van der Waals surface area contributed by atoms with Gasteiger partial charge in [0.2, 0.25) is 0 Å². The number of hydrogen-bond acceptors (Lipinski definition) is 5. The summed E-state index contributed by atoms with van der Waals surface area (Å²) in [5.41, 5.74) is 7.23. The largest absolute Gasteiger partial charge is 0.459 e. The van der Waals surface area contributed by atoms with Crippen molar-refractivity contribution in [2.75, 3.05) is 0 Å². The lowest BCUT2D eigenvalue weighted by Gasteiger charge is -2.59. The fraction of sp³-hybridized carbons (Fsp3) is 0.600. The number of amides is 1. The maximum absolute atomic E-state index is 13.3. The summed E-state index contributed by atoms with van der Waals surface area (Å²) in [6.45, 7) is 7.76. The molecule has 4 aliphatic rings. The molecule has 1 aromatic rings. The van der Waals surface area contributed by atoms with Gasteiger partial charge in [0.15, 0.2) is 0 Å². The van der Waals surface area contributed by atoms with Crippen molar-refractivity contribution in [3.8, 4) is 0 Å². The van der Waals surface area contributed by atoms with Gasteiger partial charge in [-0.25, -0.2) is 9.59 Å².